The number of halogens is 1. The largest absolute Gasteiger partial charge is 0.508 e. The number of phenols is 1. The van der Waals surface area contributed by atoms with E-state index in [0.29, 0.717) is 46.4 Å². The average molecular weight is 414 g/mol. The number of rotatable bonds is 8. The molecule has 0 aliphatic carbocycles. The highest BCUT2D eigenvalue weighted by molar-refractivity contribution is 5.93. The summed E-state index contributed by atoms with van der Waals surface area (Å²) in [7, 11) is 3.60. The van der Waals surface area contributed by atoms with Crippen molar-refractivity contribution in [1.29, 1.82) is 0 Å². The second-order valence-electron chi connectivity index (χ2n) is 7.36. The molecule has 0 aliphatic rings. The molecule has 0 saturated heterocycles. The average Bonchev–Trinajstić information content (AvgIpc) is 2.73. The SMILES string of the molecule is COc1cc2c(Nc3c(F)ccc(O)c3C)ncnc2cc1OCCN(C)C(C)C. The van der Waals surface area contributed by atoms with E-state index in [1.165, 1.54) is 18.5 Å². The van der Waals surface area contributed by atoms with Gasteiger partial charge in [0.15, 0.2) is 11.5 Å². The van der Waals surface area contributed by atoms with Crippen molar-refractivity contribution in [3.05, 3.63) is 42.0 Å². The maximum absolute atomic E-state index is 14.3. The lowest BCUT2D eigenvalue weighted by Crippen LogP contribution is -2.30. The lowest BCUT2D eigenvalue weighted by molar-refractivity contribution is 0.204. The summed E-state index contributed by atoms with van der Waals surface area (Å²) >= 11 is 0. The standard InChI is InChI=1S/C22H27FN4O3/c1-13(2)27(4)8-9-30-20-11-17-15(10-19(20)29-5)22(25-12-24-17)26-21-14(3)18(28)7-6-16(21)23/h6-7,10-13,28H,8-9H2,1-5H3,(H,24,25,26). The molecule has 0 amide bonds. The monoisotopic (exact) mass is 414 g/mol. The van der Waals surface area contributed by atoms with Crippen molar-refractivity contribution in [2.24, 2.45) is 0 Å². The number of hydrogen-bond acceptors (Lipinski definition) is 7. The Balaban J connectivity index is 1.93. The number of aromatic nitrogens is 2. The van der Waals surface area contributed by atoms with Crippen LogP contribution in [0.2, 0.25) is 0 Å². The number of benzene rings is 2. The lowest BCUT2D eigenvalue weighted by atomic mass is 10.1. The number of aromatic hydroxyl groups is 1. The minimum absolute atomic E-state index is 0.00288. The van der Waals surface area contributed by atoms with Gasteiger partial charge in [-0.25, -0.2) is 14.4 Å². The van der Waals surface area contributed by atoms with Gasteiger partial charge >= 0.3 is 0 Å². The van der Waals surface area contributed by atoms with Gasteiger partial charge in [0, 0.05) is 29.6 Å². The third kappa shape index (κ3) is 4.54. The smallest absolute Gasteiger partial charge is 0.163 e. The third-order valence-corrected chi connectivity index (χ3v) is 5.13. The van der Waals surface area contributed by atoms with Crippen LogP contribution in [0.25, 0.3) is 10.9 Å². The Morgan fingerprint density at radius 1 is 1.20 bits per heavy atom. The van der Waals surface area contributed by atoms with Crippen LogP contribution >= 0.6 is 0 Å². The summed E-state index contributed by atoms with van der Waals surface area (Å²) < 4.78 is 25.7. The normalized spacial score (nSPS) is 11.3. The minimum atomic E-state index is -0.488. The Morgan fingerprint density at radius 3 is 2.67 bits per heavy atom. The molecule has 7 nitrogen and oxygen atoms in total. The number of nitrogens with zero attached hydrogens (tertiary/aromatic N) is 3. The summed E-state index contributed by atoms with van der Waals surface area (Å²) in [5.74, 6) is 1.01. The Hall–Kier alpha value is -3.13. The summed E-state index contributed by atoms with van der Waals surface area (Å²) in [5.41, 5.74) is 1.17. The third-order valence-electron chi connectivity index (χ3n) is 5.13. The van der Waals surface area contributed by atoms with Gasteiger partial charge in [-0.1, -0.05) is 0 Å². The summed E-state index contributed by atoms with van der Waals surface area (Å²) in [6, 6.07) is 6.48. The molecule has 0 fully saturated rings. The zero-order valence-corrected chi connectivity index (χ0v) is 17.9. The van der Waals surface area contributed by atoms with Crippen molar-refractivity contribution in [3.63, 3.8) is 0 Å². The number of nitrogens with one attached hydrogen (secondary N) is 1. The van der Waals surface area contributed by atoms with E-state index in [1.54, 1.807) is 26.2 Å². The number of likely N-dealkylation sites (N-methyl/N-ethyl adjacent to an activating group) is 1. The number of phenolic OH excluding ortho intramolecular Hbond substituents is 1. The molecule has 0 spiro atoms. The van der Waals surface area contributed by atoms with Crippen molar-refractivity contribution < 1.29 is 19.0 Å². The van der Waals surface area contributed by atoms with Gasteiger partial charge in [-0.3, -0.25) is 0 Å². The van der Waals surface area contributed by atoms with Crippen molar-refractivity contribution in [2.45, 2.75) is 26.8 Å². The van der Waals surface area contributed by atoms with E-state index in [2.05, 4.69) is 34.0 Å². The van der Waals surface area contributed by atoms with Gasteiger partial charge in [0.1, 0.15) is 30.3 Å². The Labute approximate surface area is 175 Å². The predicted molar refractivity (Wildman–Crippen MR) is 115 cm³/mol. The lowest BCUT2D eigenvalue weighted by Gasteiger charge is -2.21. The van der Waals surface area contributed by atoms with Gasteiger partial charge < -0.3 is 24.8 Å². The number of fused-ring (bicyclic) bond motifs is 1. The van der Waals surface area contributed by atoms with E-state index in [0.717, 1.165) is 6.54 Å². The van der Waals surface area contributed by atoms with Gasteiger partial charge in [0.2, 0.25) is 0 Å². The highest BCUT2D eigenvalue weighted by Crippen LogP contribution is 2.36. The quantitative estimate of drug-likeness (QED) is 0.570. The summed E-state index contributed by atoms with van der Waals surface area (Å²) in [6.45, 7) is 7.15. The number of methoxy groups -OCH3 is 1. The molecule has 2 aromatic carbocycles. The van der Waals surface area contributed by atoms with E-state index in [1.807, 2.05) is 7.05 Å². The van der Waals surface area contributed by atoms with Crippen molar-refractivity contribution in [3.8, 4) is 17.2 Å². The summed E-state index contributed by atoms with van der Waals surface area (Å²) in [4.78, 5) is 10.7. The highest BCUT2D eigenvalue weighted by atomic mass is 19.1. The molecule has 1 heterocycles. The second-order valence-corrected chi connectivity index (χ2v) is 7.36. The van der Waals surface area contributed by atoms with Crippen LogP contribution in [0.5, 0.6) is 17.2 Å². The summed E-state index contributed by atoms with van der Waals surface area (Å²) in [6.07, 6.45) is 1.39. The molecular weight excluding hydrogens is 387 g/mol. The molecule has 0 radical (unpaired) electrons. The van der Waals surface area contributed by atoms with Crippen LogP contribution in [-0.2, 0) is 0 Å². The molecular formula is C22H27FN4O3. The fourth-order valence-electron chi connectivity index (χ4n) is 2.93. The van der Waals surface area contributed by atoms with E-state index in [9.17, 15) is 9.50 Å². The summed E-state index contributed by atoms with van der Waals surface area (Å²) in [5, 5.41) is 13.5. The molecule has 1 aromatic heterocycles. The zero-order chi connectivity index (χ0) is 21.8. The Bertz CT molecular complexity index is 1040. The van der Waals surface area contributed by atoms with Gasteiger partial charge in [-0.15, -0.1) is 0 Å². The molecule has 3 rings (SSSR count). The Kier molecular flexibility index (Phi) is 6.56. The van der Waals surface area contributed by atoms with Crippen LogP contribution in [0.1, 0.15) is 19.4 Å². The van der Waals surface area contributed by atoms with Crippen LogP contribution in [0.15, 0.2) is 30.6 Å². The van der Waals surface area contributed by atoms with Gasteiger partial charge in [-0.2, -0.15) is 0 Å². The van der Waals surface area contributed by atoms with E-state index >= 15 is 0 Å². The van der Waals surface area contributed by atoms with Gasteiger partial charge in [0.05, 0.1) is 18.3 Å². The van der Waals surface area contributed by atoms with Gasteiger partial charge in [0.25, 0.3) is 0 Å². The molecule has 160 valence electrons. The fourth-order valence-corrected chi connectivity index (χ4v) is 2.93. The van der Waals surface area contributed by atoms with Crippen LogP contribution in [0, 0.1) is 12.7 Å². The molecule has 2 N–H and O–H groups in total. The molecule has 0 bridgehead atoms. The maximum Gasteiger partial charge on any atom is 0.163 e. The number of hydrogen-bond donors (Lipinski definition) is 2. The van der Waals surface area contributed by atoms with E-state index in [4.69, 9.17) is 9.47 Å². The van der Waals surface area contributed by atoms with Crippen molar-refractivity contribution in [1.82, 2.24) is 14.9 Å². The maximum atomic E-state index is 14.3. The molecule has 0 saturated carbocycles. The molecule has 8 heteroatoms. The molecule has 0 unspecified atom stereocenters. The van der Waals surface area contributed by atoms with Gasteiger partial charge in [-0.05, 0) is 46.0 Å². The number of ether oxygens (including phenoxy) is 2. The predicted octanol–water partition coefficient (Wildman–Crippen LogP) is 4.25. The first-order valence-electron chi connectivity index (χ1n) is 9.72. The topological polar surface area (TPSA) is 79.7 Å². The van der Waals surface area contributed by atoms with Crippen LogP contribution in [0.3, 0.4) is 0 Å². The van der Waals surface area contributed by atoms with E-state index in [-0.39, 0.29) is 11.4 Å². The molecule has 0 aliphatic heterocycles. The Morgan fingerprint density at radius 2 is 1.97 bits per heavy atom. The van der Waals surface area contributed by atoms with Crippen molar-refractivity contribution >= 4 is 22.4 Å². The molecule has 30 heavy (non-hydrogen) atoms. The van der Waals surface area contributed by atoms with Crippen LogP contribution in [0.4, 0.5) is 15.9 Å². The first-order chi connectivity index (χ1) is 14.3. The highest BCUT2D eigenvalue weighted by Gasteiger charge is 2.15. The minimum Gasteiger partial charge on any atom is -0.508 e. The van der Waals surface area contributed by atoms with Crippen LogP contribution < -0.4 is 14.8 Å². The van der Waals surface area contributed by atoms with E-state index < -0.39 is 5.82 Å². The molecule has 0 atom stereocenters. The first-order valence-corrected chi connectivity index (χ1v) is 9.72. The first kappa shape index (κ1) is 21.6. The second kappa shape index (κ2) is 9.13. The molecule has 3 aromatic rings. The zero-order valence-electron chi connectivity index (χ0n) is 17.9. The number of anilines is 2. The fraction of sp³-hybridized carbons (Fsp3) is 0.364. The van der Waals surface area contributed by atoms with Crippen LogP contribution in [-0.4, -0.2) is 53.3 Å². The van der Waals surface area contributed by atoms with Crippen molar-refractivity contribution in [2.75, 3.05) is 32.6 Å².